The summed E-state index contributed by atoms with van der Waals surface area (Å²) in [5.41, 5.74) is 1.72. The van der Waals surface area contributed by atoms with Gasteiger partial charge in [0.2, 0.25) is 5.91 Å². The maximum Gasteiger partial charge on any atom is 0.246 e. The van der Waals surface area contributed by atoms with Crippen molar-refractivity contribution >= 4 is 12.0 Å². The molecule has 0 bridgehead atoms. The van der Waals surface area contributed by atoms with E-state index in [2.05, 4.69) is 0 Å². The summed E-state index contributed by atoms with van der Waals surface area (Å²) in [7, 11) is 6.52. The molecule has 0 aliphatic carbocycles. The Morgan fingerprint density at radius 2 is 1.76 bits per heavy atom. The van der Waals surface area contributed by atoms with Crippen LogP contribution >= 0.6 is 0 Å². The largest absolute Gasteiger partial charge is 0.493 e. The summed E-state index contributed by atoms with van der Waals surface area (Å²) < 4.78 is 21.8. The van der Waals surface area contributed by atoms with Crippen LogP contribution < -0.4 is 18.9 Å². The van der Waals surface area contributed by atoms with Crippen LogP contribution in [0.1, 0.15) is 24.5 Å². The van der Waals surface area contributed by atoms with Crippen LogP contribution in [0.15, 0.2) is 42.5 Å². The van der Waals surface area contributed by atoms with Gasteiger partial charge in [-0.3, -0.25) is 4.79 Å². The summed E-state index contributed by atoms with van der Waals surface area (Å²) in [4.78, 5) is 14.2. The summed E-state index contributed by atoms with van der Waals surface area (Å²) in [6.07, 6.45) is 4.21. The second kappa shape index (κ2) is 11.0. The van der Waals surface area contributed by atoms with Crippen molar-refractivity contribution in [3.8, 4) is 23.0 Å². The molecule has 0 aliphatic rings. The highest BCUT2D eigenvalue weighted by Gasteiger charge is 2.13. The topological polar surface area (TPSA) is 57.2 Å². The normalized spacial score (nSPS) is 10.7. The minimum Gasteiger partial charge on any atom is -0.493 e. The zero-order valence-corrected chi connectivity index (χ0v) is 17.7. The molecule has 156 valence electrons. The van der Waals surface area contributed by atoms with E-state index >= 15 is 0 Å². The van der Waals surface area contributed by atoms with Crippen LogP contribution in [0, 0.1) is 0 Å². The van der Waals surface area contributed by atoms with Crippen LogP contribution in [-0.4, -0.2) is 45.8 Å². The van der Waals surface area contributed by atoms with Gasteiger partial charge in [0.1, 0.15) is 0 Å². The van der Waals surface area contributed by atoms with Gasteiger partial charge in [0, 0.05) is 25.2 Å². The van der Waals surface area contributed by atoms with E-state index in [9.17, 15) is 4.79 Å². The number of hydrogen-bond donors (Lipinski definition) is 0. The zero-order valence-electron chi connectivity index (χ0n) is 17.7. The van der Waals surface area contributed by atoms with Crippen molar-refractivity contribution in [3.05, 3.63) is 53.6 Å². The number of methoxy groups -OCH3 is 3. The highest BCUT2D eigenvalue weighted by atomic mass is 16.5. The molecule has 29 heavy (non-hydrogen) atoms. The first-order valence-electron chi connectivity index (χ1n) is 9.47. The molecule has 0 radical (unpaired) electrons. The maximum absolute atomic E-state index is 12.5. The molecule has 2 aromatic carbocycles. The van der Waals surface area contributed by atoms with Gasteiger partial charge in [-0.1, -0.05) is 25.1 Å². The molecule has 0 atom stereocenters. The Balaban J connectivity index is 2.09. The Hall–Kier alpha value is -3.15. The summed E-state index contributed by atoms with van der Waals surface area (Å²) in [6, 6.07) is 11.2. The number of amides is 1. The van der Waals surface area contributed by atoms with Crippen molar-refractivity contribution in [2.45, 2.75) is 19.9 Å². The van der Waals surface area contributed by atoms with Gasteiger partial charge in [-0.2, -0.15) is 0 Å². The van der Waals surface area contributed by atoms with E-state index in [0.29, 0.717) is 36.1 Å². The molecule has 0 spiro atoms. The number of likely N-dealkylation sites (N-methyl/N-ethyl adjacent to an activating group) is 1. The van der Waals surface area contributed by atoms with E-state index in [1.807, 2.05) is 43.3 Å². The van der Waals surface area contributed by atoms with Crippen LogP contribution in [0.25, 0.3) is 6.08 Å². The fraction of sp³-hybridized carbons (Fsp3) is 0.348. The lowest BCUT2D eigenvalue weighted by atomic mass is 10.1. The summed E-state index contributed by atoms with van der Waals surface area (Å²) >= 11 is 0. The first-order valence-corrected chi connectivity index (χ1v) is 9.47. The molecule has 0 aliphatic heterocycles. The van der Waals surface area contributed by atoms with Crippen LogP contribution in [0.2, 0.25) is 0 Å². The monoisotopic (exact) mass is 399 g/mol. The molecule has 0 unspecified atom stereocenters. The number of ether oxygens (including phenoxy) is 4. The maximum atomic E-state index is 12.5. The van der Waals surface area contributed by atoms with Gasteiger partial charge in [-0.25, -0.2) is 0 Å². The fourth-order valence-electron chi connectivity index (χ4n) is 2.83. The van der Waals surface area contributed by atoms with Gasteiger partial charge < -0.3 is 23.8 Å². The molecule has 6 nitrogen and oxygen atoms in total. The van der Waals surface area contributed by atoms with Crippen LogP contribution in [0.4, 0.5) is 0 Å². The van der Waals surface area contributed by atoms with E-state index in [4.69, 9.17) is 18.9 Å². The first kappa shape index (κ1) is 22.1. The average Bonchev–Trinajstić information content (AvgIpc) is 2.75. The molecular weight excluding hydrogens is 370 g/mol. The lowest BCUT2D eigenvalue weighted by Gasteiger charge is -2.18. The minimum atomic E-state index is -0.125. The van der Waals surface area contributed by atoms with Gasteiger partial charge in [-0.05, 0) is 36.3 Å². The smallest absolute Gasteiger partial charge is 0.246 e. The molecule has 0 aromatic heterocycles. The average molecular weight is 399 g/mol. The van der Waals surface area contributed by atoms with Crippen molar-refractivity contribution in [2.75, 3.05) is 35.0 Å². The van der Waals surface area contributed by atoms with Crippen molar-refractivity contribution in [2.24, 2.45) is 0 Å². The van der Waals surface area contributed by atoms with E-state index in [-0.39, 0.29) is 5.91 Å². The second-order valence-electron chi connectivity index (χ2n) is 6.44. The van der Waals surface area contributed by atoms with E-state index in [1.54, 1.807) is 39.4 Å². The minimum absolute atomic E-state index is 0.125. The van der Waals surface area contributed by atoms with Crippen molar-refractivity contribution in [3.63, 3.8) is 0 Å². The summed E-state index contributed by atoms with van der Waals surface area (Å²) in [5, 5.41) is 0. The zero-order chi connectivity index (χ0) is 21.2. The quantitative estimate of drug-likeness (QED) is 0.561. The molecule has 0 saturated carbocycles. The van der Waals surface area contributed by atoms with Gasteiger partial charge in [0.05, 0.1) is 27.9 Å². The number of rotatable bonds is 10. The number of benzene rings is 2. The number of hydrogen-bond acceptors (Lipinski definition) is 5. The Kier molecular flexibility index (Phi) is 8.40. The van der Waals surface area contributed by atoms with Gasteiger partial charge in [-0.15, -0.1) is 0 Å². The van der Waals surface area contributed by atoms with Crippen molar-refractivity contribution in [1.29, 1.82) is 0 Å². The third-order valence-electron chi connectivity index (χ3n) is 4.34. The molecule has 2 aromatic rings. The van der Waals surface area contributed by atoms with Crippen LogP contribution in [0.5, 0.6) is 23.0 Å². The highest BCUT2D eigenvalue weighted by molar-refractivity contribution is 5.91. The molecule has 2 rings (SSSR count). The van der Waals surface area contributed by atoms with Crippen LogP contribution in [-0.2, 0) is 11.3 Å². The molecule has 0 heterocycles. The predicted octanol–water partition coefficient (Wildman–Crippen LogP) is 4.17. The van der Waals surface area contributed by atoms with Gasteiger partial charge in [0.25, 0.3) is 0 Å². The Bertz CT molecular complexity index is 847. The highest BCUT2D eigenvalue weighted by Crippen LogP contribution is 2.31. The first-order chi connectivity index (χ1) is 14.0. The Labute approximate surface area is 172 Å². The lowest BCUT2D eigenvalue weighted by molar-refractivity contribution is -0.125. The number of carbonyl (C=O) groups excluding carboxylic acids is 1. The van der Waals surface area contributed by atoms with Gasteiger partial charge in [0.15, 0.2) is 23.0 Å². The van der Waals surface area contributed by atoms with E-state index < -0.39 is 0 Å². The lowest BCUT2D eigenvalue weighted by Crippen LogP contribution is -2.24. The molecule has 0 N–H and O–H groups in total. The standard InChI is InChI=1S/C23H29NO5/c1-6-14-29-19-12-10-17(15-21(19)27-4)11-13-22(25)24(2)16-18-8-7-9-20(26-3)23(18)28-5/h7-13,15H,6,14,16H2,1-5H3/b13-11+. The van der Waals surface area contributed by atoms with Gasteiger partial charge >= 0.3 is 0 Å². The molecular formula is C23H29NO5. The van der Waals surface area contributed by atoms with E-state index in [1.165, 1.54) is 6.08 Å². The van der Waals surface area contributed by atoms with E-state index in [0.717, 1.165) is 17.5 Å². The predicted molar refractivity (Wildman–Crippen MR) is 114 cm³/mol. The van der Waals surface area contributed by atoms with Crippen molar-refractivity contribution in [1.82, 2.24) is 4.90 Å². The molecule has 6 heteroatoms. The summed E-state index contributed by atoms with van der Waals surface area (Å²) in [5.74, 6) is 2.48. The van der Waals surface area contributed by atoms with Crippen molar-refractivity contribution < 1.29 is 23.7 Å². The molecule has 0 saturated heterocycles. The fourth-order valence-corrected chi connectivity index (χ4v) is 2.83. The van der Waals surface area contributed by atoms with Crippen LogP contribution in [0.3, 0.4) is 0 Å². The summed E-state index contributed by atoms with van der Waals surface area (Å²) in [6.45, 7) is 3.08. The number of para-hydroxylation sites is 1. The third kappa shape index (κ3) is 5.91. The number of carbonyl (C=O) groups is 1. The molecule has 0 fully saturated rings. The third-order valence-corrected chi connectivity index (χ3v) is 4.34. The SMILES string of the molecule is CCCOc1ccc(/C=C/C(=O)N(C)Cc2cccc(OC)c2OC)cc1OC. The number of nitrogens with zero attached hydrogens (tertiary/aromatic N) is 1. The Morgan fingerprint density at radius 3 is 2.41 bits per heavy atom. The second-order valence-corrected chi connectivity index (χ2v) is 6.44. The Morgan fingerprint density at radius 1 is 1.00 bits per heavy atom. The molecule has 1 amide bonds.